The molecular formula is C13H14N2O2S. The van der Waals surface area contributed by atoms with Crippen molar-refractivity contribution in [1.29, 1.82) is 0 Å². The van der Waals surface area contributed by atoms with Crippen LogP contribution in [0.4, 0.5) is 0 Å². The number of hydrogen-bond acceptors (Lipinski definition) is 3. The van der Waals surface area contributed by atoms with Gasteiger partial charge in [-0.25, -0.2) is 4.79 Å². The Hall–Kier alpha value is -1.88. The van der Waals surface area contributed by atoms with Gasteiger partial charge in [-0.2, -0.15) is 0 Å². The molecule has 0 aliphatic carbocycles. The number of imidazole rings is 1. The van der Waals surface area contributed by atoms with Crippen LogP contribution in [0.5, 0.6) is 0 Å². The van der Waals surface area contributed by atoms with Gasteiger partial charge in [0.25, 0.3) is 0 Å². The summed E-state index contributed by atoms with van der Waals surface area (Å²) in [4.78, 5) is 17.5. The second-order valence-electron chi connectivity index (χ2n) is 4.14. The van der Waals surface area contributed by atoms with Crippen molar-refractivity contribution in [2.75, 3.05) is 7.11 Å². The van der Waals surface area contributed by atoms with Gasteiger partial charge in [0.2, 0.25) is 0 Å². The van der Waals surface area contributed by atoms with Crippen molar-refractivity contribution in [3.8, 4) is 11.3 Å². The van der Waals surface area contributed by atoms with Crippen LogP contribution in [-0.2, 0) is 4.74 Å². The van der Waals surface area contributed by atoms with Crippen LogP contribution in [0.15, 0.2) is 18.2 Å². The topological polar surface area (TPSA) is 57.9 Å². The van der Waals surface area contributed by atoms with E-state index >= 15 is 0 Å². The summed E-state index contributed by atoms with van der Waals surface area (Å²) < 4.78 is 5.15. The summed E-state index contributed by atoms with van der Waals surface area (Å²) in [7, 11) is 1.35. The summed E-state index contributed by atoms with van der Waals surface area (Å²) in [6, 6.07) is 6.05. The molecule has 2 rings (SSSR count). The predicted octanol–water partition coefficient (Wildman–Crippen LogP) is 3.14. The molecule has 0 saturated carbocycles. The monoisotopic (exact) mass is 262 g/mol. The number of hydrogen-bond donors (Lipinski definition) is 2. The van der Waals surface area contributed by atoms with Gasteiger partial charge in [0.15, 0.2) is 10.5 Å². The molecule has 2 N–H and O–H groups in total. The standard InChI is InChI=1S/C13H14N2O2S/c1-7-4-5-8(2)9(6-7)10-11(12(16)17-3)15-13(18)14-10/h4-6H,1-3H3,(H2,14,15,18). The van der Waals surface area contributed by atoms with Crippen LogP contribution in [0, 0.1) is 18.6 Å². The summed E-state index contributed by atoms with van der Waals surface area (Å²) in [5.74, 6) is -0.432. The van der Waals surface area contributed by atoms with Crippen molar-refractivity contribution in [1.82, 2.24) is 9.97 Å². The highest BCUT2D eigenvalue weighted by atomic mass is 32.1. The Balaban J connectivity index is 2.67. The van der Waals surface area contributed by atoms with E-state index in [0.717, 1.165) is 16.7 Å². The van der Waals surface area contributed by atoms with Gasteiger partial charge in [0.1, 0.15) is 0 Å². The fourth-order valence-corrected chi connectivity index (χ4v) is 2.05. The number of nitrogens with one attached hydrogen (secondary N) is 2. The van der Waals surface area contributed by atoms with Crippen LogP contribution in [0.2, 0.25) is 0 Å². The number of aromatic nitrogens is 2. The van der Waals surface area contributed by atoms with E-state index in [1.807, 2.05) is 32.0 Å². The molecule has 94 valence electrons. The number of carbonyl (C=O) groups excluding carboxylic acids is 1. The number of methoxy groups -OCH3 is 1. The zero-order valence-electron chi connectivity index (χ0n) is 10.5. The van der Waals surface area contributed by atoms with Gasteiger partial charge in [0, 0.05) is 5.56 Å². The molecule has 0 aliphatic rings. The third kappa shape index (κ3) is 2.22. The van der Waals surface area contributed by atoms with Crippen molar-refractivity contribution >= 4 is 18.2 Å². The Morgan fingerprint density at radius 1 is 1.28 bits per heavy atom. The lowest BCUT2D eigenvalue weighted by Gasteiger charge is -2.07. The number of rotatable bonds is 2. The maximum atomic E-state index is 11.7. The molecule has 4 nitrogen and oxygen atoms in total. The van der Waals surface area contributed by atoms with Gasteiger partial charge in [-0.15, -0.1) is 0 Å². The fourth-order valence-electron chi connectivity index (χ4n) is 1.85. The molecular weight excluding hydrogens is 248 g/mol. The quantitative estimate of drug-likeness (QED) is 0.645. The lowest BCUT2D eigenvalue weighted by atomic mass is 10.0. The van der Waals surface area contributed by atoms with Gasteiger partial charge < -0.3 is 14.7 Å². The highest BCUT2D eigenvalue weighted by Crippen LogP contribution is 2.26. The molecule has 0 amide bonds. The molecule has 18 heavy (non-hydrogen) atoms. The number of aromatic amines is 2. The van der Waals surface area contributed by atoms with Crippen molar-refractivity contribution in [2.45, 2.75) is 13.8 Å². The first-order valence-corrected chi connectivity index (χ1v) is 5.92. The van der Waals surface area contributed by atoms with E-state index in [1.165, 1.54) is 7.11 Å². The number of esters is 1. The van der Waals surface area contributed by atoms with Crippen molar-refractivity contribution in [3.05, 3.63) is 39.8 Å². The Bertz CT molecular complexity index is 655. The minimum absolute atomic E-state index is 0.358. The Kier molecular flexibility index (Phi) is 3.34. The highest BCUT2D eigenvalue weighted by molar-refractivity contribution is 7.71. The number of benzene rings is 1. The average molecular weight is 262 g/mol. The average Bonchev–Trinajstić information content (AvgIpc) is 2.73. The minimum Gasteiger partial charge on any atom is -0.464 e. The van der Waals surface area contributed by atoms with Crippen LogP contribution < -0.4 is 0 Å². The molecule has 0 atom stereocenters. The molecule has 0 fully saturated rings. The molecule has 0 unspecified atom stereocenters. The van der Waals surface area contributed by atoms with Gasteiger partial charge in [0.05, 0.1) is 12.8 Å². The molecule has 0 saturated heterocycles. The molecule has 0 spiro atoms. The molecule has 2 aromatic rings. The lowest BCUT2D eigenvalue weighted by Crippen LogP contribution is -2.04. The molecule has 0 radical (unpaired) electrons. The first-order chi connectivity index (χ1) is 8.52. The molecule has 0 bridgehead atoms. The van der Waals surface area contributed by atoms with E-state index in [2.05, 4.69) is 9.97 Å². The summed E-state index contributed by atoms with van der Waals surface area (Å²) in [6.07, 6.45) is 0. The minimum atomic E-state index is -0.432. The number of H-pyrrole nitrogens is 2. The second-order valence-corrected chi connectivity index (χ2v) is 4.55. The van der Waals surface area contributed by atoms with Crippen LogP contribution >= 0.6 is 12.2 Å². The molecule has 1 aromatic carbocycles. The molecule has 5 heteroatoms. The summed E-state index contributed by atoms with van der Waals surface area (Å²) >= 11 is 5.04. The van der Waals surface area contributed by atoms with E-state index < -0.39 is 5.97 Å². The van der Waals surface area contributed by atoms with E-state index in [-0.39, 0.29) is 0 Å². The van der Waals surface area contributed by atoms with E-state index in [1.54, 1.807) is 0 Å². The third-order valence-corrected chi connectivity index (χ3v) is 2.98. The number of ether oxygens (including phenoxy) is 1. The highest BCUT2D eigenvalue weighted by Gasteiger charge is 2.17. The lowest BCUT2D eigenvalue weighted by molar-refractivity contribution is 0.0595. The summed E-state index contributed by atoms with van der Waals surface area (Å²) in [6.45, 7) is 3.99. The first-order valence-electron chi connectivity index (χ1n) is 5.51. The normalized spacial score (nSPS) is 10.4. The molecule has 0 aliphatic heterocycles. The summed E-state index contributed by atoms with van der Waals surface area (Å²) in [5.41, 5.74) is 4.16. The van der Waals surface area contributed by atoms with Crippen molar-refractivity contribution < 1.29 is 9.53 Å². The third-order valence-electron chi connectivity index (χ3n) is 2.78. The number of carbonyl (C=O) groups is 1. The largest absolute Gasteiger partial charge is 0.464 e. The second kappa shape index (κ2) is 4.78. The molecule has 1 aromatic heterocycles. The van der Waals surface area contributed by atoms with Gasteiger partial charge >= 0.3 is 5.97 Å². The zero-order chi connectivity index (χ0) is 13.3. The maximum absolute atomic E-state index is 11.7. The SMILES string of the molecule is COC(=O)c1[nH]c(=S)[nH]c1-c1cc(C)ccc1C. The molecule has 1 heterocycles. The van der Waals surface area contributed by atoms with Crippen molar-refractivity contribution in [2.24, 2.45) is 0 Å². The van der Waals surface area contributed by atoms with E-state index in [9.17, 15) is 4.79 Å². The van der Waals surface area contributed by atoms with Crippen LogP contribution in [0.1, 0.15) is 21.6 Å². The van der Waals surface area contributed by atoms with Crippen LogP contribution in [0.25, 0.3) is 11.3 Å². The smallest absolute Gasteiger partial charge is 0.356 e. The van der Waals surface area contributed by atoms with E-state index in [4.69, 9.17) is 17.0 Å². The van der Waals surface area contributed by atoms with Gasteiger partial charge in [-0.1, -0.05) is 17.7 Å². The summed E-state index contributed by atoms with van der Waals surface area (Å²) in [5, 5.41) is 0. The van der Waals surface area contributed by atoms with Gasteiger partial charge in [-0.3, -0.25) is 0 Å². The first kappa shape index (κ1) is 12.6. The van der Waals surface area contributed by atoms with Crippen molar-refractivity contribution in [3.63, 3.8) is 0 Å². The Labute approximate surface area is 110 Å². The maximum Gasteiger partial charge on any atom is 0.356 e. The van der Waals surface area contributed by atoms with E-state index in [0.29, 0.717) is 16.2 Å². The van der Waals surface area contributed by atoms with Crippen LogP contribution in [0.3, 0.4) is 0 Å². The van der Waals surface area contributed by atoms with Crippen LogP contribution in [-0.4, -0.2) is 23.0 Å². The van der Waals surface area contributed by atoms with Gasteiger partial charge in [-0.05, 0) is 37.7 Å². The Morgan fingerprint density at radius 3 is 2.67 bits per heavy atom. The Morgan fingerprint density at radius 2 is 2.00 bits per heavy atom. The zero-order valence-corrected chi connectivity index (χ0v) is 11.3. The number of aryl methyl sites for hydroxylation is 2. The fraction of sp³-hybridized carbons (Fsp3) is 0.231. The predicted molar refractivity (Wildman–Crippen MR) is 72.2 cm³/mol.